The topological polar surface area (TPSA) is 35.5 Å². The second kappa shape index (κ2) is 6.29. The number of carbonyl (C=O) groups is 1. The Balaban J connectivity index is 1.94. The Hall–Kier alpha value is -3.33. The molecule has 0 saturated heterocycles. The number of carbonyl (C=O) groups excluding carboxylic acids is 1. The predicted molar refractivity (Wildman–Crippen MR) is 98.2 cm³/mol. The third kappa shape index (κ3) is 2.81. The molecule has 0 fully saturated rings. The summed E-state index contributed by atoms with van der Waals surface area (Å²) in [5.74, 6) is 2.00. The summed E-state index contributed by atoms with van der Waals surface area (Å²) in [5, 5.41) is 0. The van der Waals surface area contributed by atoms with Crippen LogP contribution in [0.15, 0.2) is 72.8 Å². The van der Waals surface area contributed by atoms with E-state index in [-0.39, 0.29) is 5.78 Å². The van der Waals surface area contributed by atoms with Crippen molar-refractivity contribution < 1.29 is 14.3 Å². The maximum atomic E-state index is 13.2. The molecule has 3 aromatic carbocycles. The van der Waals surface area contributed by atoms with Gasteiger partial charge in [0.2, 0.25) is 0 Å². The molecule has 4 rings (SSSR count). The molecule has 25 heavy (non-hydrogen) atoms. The highest BCUT2D eigenvalue weighted by Crippen LogP contribution is 2.40. The number of para-hydroxylation sites is 1. The van der Waals surface area contributed by atoms with Gasteiger partial charge in [0, 0.05) is 22.3 Å². The fourth-order valence-corrected chi connectivity index (χ4v) is 2.91. The average Bonchev–Trinajstić information content (AvgIpc) is 2.84. The SMILES string of the molecule is COc1ccc2c(c1)C(C(=O)c1ccccc1)=Cc1ccccc1O2. The van der Waals surface area contributed by atoms with Crippen LogP contribution in [-0.2, 0) is 0 Å². The fourth-order valence-electron chi connectivity index (χ4n) is 2.91. The zero-order valence-electron chi connectivity index (χ0n) is 13.7. The Labute approximate surface area is 146 Å². The lowest BCUT2D eigenvalue weighted by molar-refractivity contribution is 0.105. The van der Waals surface area contributed by atoms with Crippen molar-refractivity contribution >= 4 is 17.4 Å². The van der Waals surface area contributed by atoms with Crippen LogP contribution in [0.4, 0.5) is 0 Å². The molecular weight excluding hydrogens is 312 g/mol. The second-order valence-electron chi connectivity index (χ2n) is 5.76. The van der Waals surface area contributed by atoms with Gasteiger partial charge in [0.15, 0.2) is 5.78 Å². The van der Waals surface area contributed by atoms with E-state index < -0.39 is 0 Å². The molecule has 1 heterocycles. The molecular formula is C22H16O3. The van der Waals surface area contributed by atoms with Gasteiger partial charge in [-0.1, -0.05) is 48.5 Å². The van der Waals surface area contributed by atoms with E-state index in [2.05, 4.69) is 0 Å². The number of rotatable bonds is 3. The first-order valence-electron chi connectivity index (χ1n) is 8.03. The van der Waals surface area contributed by atoms with Crippen LogP contribution in [0.1, 0.15) is 21.5 Å². The van der Waals surface area contributed by atoms with Crippen LogP contribution < -0.4 is 9.47 Å². The largest absolute Gasteiger partial charge is 0.497 e. The van der Waals surface area contributed by atoms with E-state index in [1.165, 1.54) is 0 Å². The molecule has 0 N–H and O–H groups in total. The van der Waals surface area contributed by atoms with Crippen molar-refractivity contribution in [2.24, 2.45) is 0 Å². The van der Waals surface area contributed by atoms with Gasteiger partial charge in [-0.05, 0) is 30.3 Å². The molecule has 0 saturated carbocycles. The fraction of sp³-hybridized carbons (Fsp3) is 0.0455. The number of ketones is 1. The third-order valence-corrected chi connectivity index (χ3v) is 4.20. The molecule has 0 amide bonds. The van der Waals surface area contributed by atoms with Crippen molar-refractivity contribution in [1.82, 2.24) is 0 Å². The molecule has 0 unspecified atom stereocenters. The van der Waals surface area contributed by atoms with Crippen LogP contribution in [0.5, 0.6) is 17.2 Å². The molecule has 122 valence electrons. The summed E-state index contributed by atoms with van der Waals surface area (Å²) in [6, 6.07) is 22.5. The van der Waals surface area contributed by atoms with Crippen molar-refractivity contribution in [2.45, 2.75) is 0 Å². The summed E-state index contributed by atoms with van der Waals surface area (Å²) in [6.45, 7) is 0. The van der Waals surface area contributed by atoms with Crippen LogP contribution in [-0.4, -0.2) is 12.9 Å². The second-order valence-corrected chi connectivity index (χ2v) is 5.76. The standard InChI is InChI=1S/C22H16O3/c1-24-17-11-12-21-18(14-17)19(22(23)15-7-3-2-4-8-15)13-16-9-5-6-10-20(16)25-21/h2-14H,1H3. The molecule has 0 radical (unpaired) electrons. The number of Topliss-reactive ketones (excluding diaryl/α,β-unsaturated/α-hetero) is 1. The monoisotopic (exact) mass is 328 g/mol. The molecule has 1 aliphatic rings. The lowest BCUT2D eigenvalue weighted by Crippen LogP contribution is -2.03. The third-order valence-electron chi connectivity index (χ3n) is 4.20. The number of hydrogen-bond donors (Lipinski definition) is 0. The molecule has 3 aromatic rings. The Bertz CT molecular complexity index is 972. The number of ether oxygens (including phenoxy) is 2. The van der Waals surface area contributed by atoms with Gasteiger partial charge in [0.05, 0.1) is 7.11 Å². The Morgan fingerprint density at radius 2 is 1.64 bits per heavy atom. The highest BCUT2D eigenvalue weighted by atomic mass is 16.5. The first kappa shape index (κ1) is 15.2. The van der Waals surface area contributed by atoms with Gasteiger partial charge in [-0.3, -0.25) is 4.79 Å². The maximum absolute atomic E-state index is 13.2. The van der Waals surface area contributed by atoms with E-state index in [9.17, 15) is 4.79 Å². The van der Waals surface area contributed by atoms with Crippen molar-refractivity contribution in [3.63, 3.8) is 0 Å². The van der Waals surface area contributed by atoms with Crippen LogP contribution >= 0.6 is 0 Å². The molecule has 1 aliphatic heterocycles. The van der Waals surface area contributed by atoms with Gasteiger partial charge < -0.3 is 9.47 Å². The Morgan fingerprint density at radius 3 is 2.44 bits per heavy atom. The molecule has 3 nitrogen and oxygen atoms in total. The molecule has 3 heteroatoms. The number of methoxy groups -OCH3 is 1. The summed E-state index contributed by atoms with van der Waals surface area (Å²) in [5.41, 5.74) is 2.83. The van der Waals surface area contributed by atoms with Gasteiger partial charge in [0.1, 0.15) is 17.2 Å². The first-order chi connectivity index (χ1) is 12.3. The Kier molecular flexibility index (Phi) is 3.82. The van der Waals surface area contributed by atoms with Gasteiger partial charge in [-0.15, -0.1) is 0 Å². The van der Waals surface area contributed by atoms with Crippen LogP contribution in [0, 0.1) is 0 Å². The minimum atomic E-state index is -0.0459. The summed E-state index contributed by atoms with van der Waals surface area (Å²) in [4.78, 5) is 13.2. The van der Waals surface area contributed by atoms with E-state index in [0.717, 1.165) is 16.9 Å². The molecule has 0 bridgehead atoms. The molecule has 0 atom stereocenters. The van der Waals surface area contributed by atoms with Crippen LogP contribution in [0.3, 0.4) is 0 Å². The van der Waals surface area contributed by atoms with Gasteiger partial charge in [-0.2, -0.15) is 0 Å². The van der Waals surface area contributed by atoms with Gasteiger partial charge in [0.25, 0.3) is 0 Å². The smallest absolute Gasteiger partial charge is 0.193 e. The zero-order valence-corrected chi connectivity index (χ0v) is 13.7. The normalized spacial score (nSPS) is 12.1. The average molecular weight is 328 g/mol. The minimum absolute atomic E-state index is 0.0459. The summed E-state index contributed by atoms with van der Waals surface area (Å²) >= 11 is 0. The number of allylic oxidation sites excluding steroid dienone is 1. The van der Waals surface area contributed by atoms with E-state index in [0.29, 0.717) is 22.6 Å². The van der Waals surface area contributed by atoms with Crippen molar-refractivity contribution in [2.75, 3.05) is 7.11 Å². The van der Waals surface area contributed by atoms with Crippen molar-refractivity contribution in [3.8, 4) is 17.2 Å². The zero-order chi connectivity index (χ0) is 17.2. The highest BCUT2D eigenvalue weighted by Gasteiger charge is 2.23. The van der Waals surface area contributed by atoms with E-state index in [1.54, 1.807) is 7.11 Å². The first-order valence-corrected chi connectivity index (χ1v) is 8.03. The number of benzene rings is 3. The lowest BCUT2D eigenvalue weighted by Gasteiger charge is -2.12. The maximum Gasteiger partial charge on any atom is 0.193 e. The van der Waals surface area contributed by atoms with E-state index in [4.69, 9.17) is 9.47 Å². The van der Waals surface area contributed by atoms with Crippen molar-refractivity contribution in [3.05, 3.63) is 89.5 Å². The number of fused-ring (bicyclic) bond motifs is 2. The molecule has 0 aliphatic carbocycles. The highest BCUT2D eigenvalue weighted by molar-refractivity contribution is 6.33. The van der Waals surface area contributed by atoms with Crippen LogP contribution in [0.25, 0.3) is 11.6 Å². The Morgan fingerprint density at radius 1 is 0.880 bits per heavy atom. The lowest BCUT2D eigenvalue weighted by atomic mass is 9.94. The van der Waals surface area contributed by atoms with E-state index >= 15 is 0 Å². The minimum Gasteiger partial charge on any atom is -0.497 e. The number of hydrogen-bond acceptors (Lipinski definition) is 3. The van der Waals surface area contributed by atoms with Gasteiger partial charge >= 0.3 is 0 Å². The van der Waals surface area contributed by atoms with E-state index in [1.807, 2.05) is 78.9 Å². The summed E-state index contributed by atoms with van der Waals surface area (Å²) in [7, 11) is 1.61. The predicted octanol–water partition coefficient (Wildman–Crippen LogP) is 5.22. The van der Waals surface area contributed by atoms with Crippen molar-refractivity contribution in [1.29, 1.82) is 0 Å². The molecule has 0 aromatic heterocycles. The van der Waals surface area contributed by atoms with Gasteiger partial charge in [-0.25, -0.2) is 0 Å². The van der Waals surface area contributed by atoms with Crippen LogP contribution in [0.2, 0.25) is 0 Å². The quantitative estimate of drug-likeness (QED) is 0.618. The summed E-state index contributed by atoms with van der Waals surface area (Å²) in [6.07, 6.45) is 1.88. The summed E-state index contributed by atoms with van der Waals surface area (Å²) < 4.78 is 11.4. The molecule has 0 spiro atoms.